The lowest BCUT2D eigenvalue weighted by molar-refractivity contribution is 0.251. The first-order valence-corrected chi connectivity index (χ1v) is 11.8. The van der Waals surface area contributed by atoms with Gasteiger partial charge in [0.15, 0.2) is 0 Å². The molecule has 0 bridgehead atoms. The maximum Gasteiger partial charge on any atom is 0.319 e. The van der Waals surface area contributed by atoms with E-state index >= 15 is 0 Å². The number of rotatable bonds is 5. The van der Waals surface area contributed by atoms with E-state index in [-0.39, 0.29) is 11.4 Å². The van der Waals surface area contributed by atoms with Crippen LogP contribution in [-0.4, -0.2) is 38.1 Å². The minimum atomic E-state index is -3.22. The molecule has 1 heterocycles. The molecule has 7 heteroatoms. The van der Waals surface area contributed by atoms with Crippen LogP contribution in [-0.2, 0) is 28.4 Å². The molecule has 6 nitrogen and oxygen atoms in total. The fourth-order valence-electron chi connectivity index (χ4n) is 4.26. The molecule has 2 aromatic rings. The zero-order valence-electron chi connectivity index (χ0n) is 16.9. The Kier molecular flexibility index (Phi) is 5.12. The summed E-state index contributed by atoms with van der Waals surface area (Å²) in [5, 5.41) is 6.02. The molecule has 2 aliphatic rings. The van der Waals surface area contributed by atoms with Gasteiger partial charge < -0.3 is 10.6 Å². The monoisotopic (exact) mass is 413 g/mol. The van der Waals surface area contributed by atoms with Gasteiger partial charge in [-0.3, -0.25) is 0 Å². The maximum atomic E-state index is 12.6. The van der Waals surface area contributed by atoms with Gasteiger partial charge in [-0.15, -0.1) is 0 Å². The van der Waals surface area contributed by atoms with Gasteiger partial charge in [0.05, 0.1) is 6.26 Å². The molecule has 1 aliphatic heterocycles. The number of nitrogens with zero attached hydrogens (tertiary/aromatic N) is 1. The number of benzene rings is 2. The minimum Gasteiger partial charge on any atom is -0.337 e. The predicted octanol–water partition coefficient (Wildman–Crippen LogP) is 3.17. The summed E-state index contributed by atoms with van der Waals surface area (Å²) >= 11 is 0. The van der Waals surface area contributed by atoms with Crippen molar-refractivity contribution in [3.05, 3.63) is 64.7 Å². The summed E-state index contributed by atoms with van der Waals surface area (Å²) in [4.78, 5) is 12.6. The highest BCUT2D eigenvalue weighted by molar-refractivity contribution is 7.88. The molecule has 0 aromatic heterocycles. The second-order valence-corrected chi connectivity index (χ2v) is 10.2. The molecule has 2 aromatic carbocycles. The SMILES string of the molecule is Cc1ccccc1C1(CNC(=O)Nc2cccc3c2CCN(S(C)(=O)=O)C3)CC1. The van der Waals surface area contributed by atoms with Crippen molar-refractivity contribution in [2.24, 2.45) is 0 Å². The largest absolute Gasteiger partial charge is 0.337 e. The Hall–Kier alpha value is -2.38. The van der Waals surface area contributed by atoms with Crippen molar-refractivity contribution in [3.8, 4) is 0 Å². The number of carbonyl (C=O) groups is 1. The number of anilines is 1. The van der Waals surface area contributed by atoms with Crippen LogP contribution >= 0.6 is 0 Å². The summed E-state index contributed by atoms with van der Waals surface area (Å²) in [6.45, 7) is 3.51. The van der Waals surface area contributed by atoms with Crippen LogP contribution in [0.1, 0.15) is 35.1 Å². The molecule has 0 atom stereocenters. The van der Waals surface area contributed by atoms with Crippen molar-refractivity contribution in [2.75, 3.05) is 24.7 Å². The van der Waals surface area contributed by atoms with Gasteiger partial charge in [0, 0.05) is 30.7 Å². The second kappa shape index (κ2) is 7.46. The van der Waals surface area contributed by atoms with Gasteiger partial charge in [-0.1, -0.05) is 36.4 Å². The third kappa shape index (κ3) is 4.16. The van der Waals surface area contributed by atoms with Gasteiger partial charge in [0.1, 0.15) is 0 Å². The number of sulfonamides is 1. The van der Waals surface area contributed by atoms with E-state index in [0.717, 1.165) is 29.7 Å². The predicted molar refractivity (Wildman–Crippen MR) is 115 cm³/mol. The smallest absolute Gasteiger partial charge is 0.319 e. The lowest BCUT2D eigenvalue weighted by Crippen LogP contribution is -2.37. The van der Waals surface area contributed by atoms with Gasteiger partial charge in [-0.25, -0.2) is 13.2 Å². The topological polar surface area (TPSA) is 78.5 Å². The van der Waals surface area contributed by atoms with E-state index in [4.69, 9.17) is 0 Å². The van der Waals surface area contributed by atoms with Crippen molar-refractivity contribution >= 4 is 21.7 Å². The average molecular weight is 414 g/mol. The van der Waals surface area contributed by atoms with Crippen LogP contribution in [0.5, 0.6) is 0 Å². The van der Waals surface area contributed by atoms with Crippen LogP contribution in [0.15, 0.2) is 42.5 Å². The zero-order chi connectivity index (χ0) is 20.6. The van der Waals surface area contributed by atoms with Gasteiger partial charge in [-0.2, -0.15) is 4.31 Å². The van der Waals surface area contributed by atoms with Crippen molar-refractivity contribution in [1.82, 2.24) is 9.62 Å². The fraction of sp³-hybridized carbons (Fsp3) is 0.409. The first-order chi connectivity index (χ1) is 13.8. The molecular weight excluding hydrogens is 386 g/mol. The average Bonchev–Trinajstić information content (AvgIpc) is 3.47. The normalized spacial score (nSPS) is 18.0. The molecule has 1 fully saturated rings. The Morgan fingerprint density at radius 2 is 1.90 bits per heavy atom. The zero-order valence-corrected chi connectivity index (χ0v) is 17.7. The van der Waals surface area contributed by atoms with Crippen molar-refractivity contribution in [3.63, 3.8) is 0 Å². The van der Waals surface area contributed by atoms with E-state index in [2.05, 4.69) is 35.8 Å². The summed E-state index contributed by atoms with van der Waals surface area (Å²) in [6, 6.07) is 13.8. The number of urea groups is 1. The fourth-order valence-corrected chi connectivity index (χ4v) is 5.06. The number of nitrogens with one attached hydrogen (secondary N) is 2. The summed E-state index contributed by atoms with van der Waals surface area (Å²) in [6.07, 6.45) is 3.99. The second-order valence-electron chi connectivity index (χ2n) is 8.19. The Bertz CT molecular complexity index is 1050. The maximum absolute atomic E-state index is 12.6. The number of fused-ring (bicyclic) bond motifs is 1. The van der Waals surface area contributed by atoms with Gasteiger partial charge in [0.25, 0.3) is 0 Å². The third-order valence-electron chi connectivity index (χ3n) is 6.11. The molecular formula is C22H27N3O3S. The van der Waals surface area contributed by atoms with E-state index in [1.54, 1.807) is 0 Å². The molecule has 0 radical (unpaired) electrons. The Balaban J connectivity index is 1.42. The molecule has 0 saturated heterocycles. The highest BCUT2D eigenvalue weighted by Crippen LogP contribution is 2.48. The summed E-state index contributed by atoms with van der Waals surface area (Å²) < 4.78 is 25.1. The highest BCUT2D eigenvalue weighted by Gasteiger charge is 2.45. The lowest BCUT2D eigenvalue weighted by Gasteiger charge is -2.28. The van der Waals surface area contributed by atoms with E-state index in [1.807, 2.05) is 24.3 Å². The number of hydrogen-bond acceptors (Lipinski definition) is 3. The molecule has 29 heavy (non-hydrogen) atoms. The number of aryl methyl sites for hydroxylation is 1. The highest BCUT2D eigenvalue weighted by atomic mass is 32.2. The number of hydrogen-bond donors (Lipinski definition) is 2. The number of amides is 2. The van der Waals surface area contributed by atoms with Crippen LogP contribution in [0.4, 0.5) is 10.5 Å². The Morgan fingerprint density at radius 1 is 1.14 bits per heavy atom. The van der Waals surface area contributed by atoms with Crippen LogP contribution < -0.4 is 10.6 Å². The van der Waals surface area contributed by atoms with Crippen molar-refractivity contribution in [1.29, 1.82) is 0 Å². The van der Waals surface area contributed by atoms with Gasteiger partial charge in [-0.05, 0) is 54.5 Å². The molecule has 2 N–H and O–H groups in total. The first-order valence-electron chi connectivity index (χ1n) is 9.95. The summed E-state index contributed by atoms with van der Waals surface area (Å²) in [7, 11) is -3.22. The lowest BCUT2D eigenvalue weighted by atomic mass is 9.92. The van der Waals surface area contributed by atoms with E-state index in [9.17, 15) is 13.2 Å². The van der Waals surface area contributed by atoms with Gasteiger partial charge >= 0.3 is 6.03 Å². The summed E-state index contributed by atoms with van der Waals surface area (Å²) in [5.41, 5.74) is 5.35. The quantitative estimate of drug-likeness (QED) is 0.790. The molecule has 1 saturated carbocycles. The molecule has 1 aliphatic carbocycles. The van der Waals surface area contributed by atoms with Crippen LogP contribution in [0, 0.1) is 6.92 Å². The van der Waals surface area contributed by atoms with Gasteiger partial charge in [0.2, 0.25) is 10.0 Å². The standard InChI is InChI=1S/C22H27N3O3S/c1-16-6-3-4-8-19(16)22(11-12-22)15-23-21(26)24-20-9-5-7-17-14-25(29(2,27)28)13-10-18(17)20/h3-9H,10-15H2,1-2H3,(H2,23,24,26). The molecule has 0 unspecified atom stereocenters. The van der Waals surface area contributed by atoms with Crippen LogP contribution in [0.2, 0.25) is 0 Å². The minimum absolute atomic E-state index is 0.0504. The van der Waals surface area contributed by atoms with E-state index < -0.39 is 10.0 Å². The Labute approximate surface area is 172 Å². The van der Waals surface area contributed by atoms with Crippen LogP contribution in [0.25, 0.3) is 0 Å². The summed E-state index contributed by atoms with van der Waals surface area (Å²) in [5.74, 6) is 0. The van der Waals surface area contributed by atoms with Crippen LogP contribution in [0.3, 0.4) is 0 Å². The van der Waals surface area contributed by atoms with Crippen molar-refractivity contribution in [2.45, 2.75) is 38.1 Å². The molecule has 2 amide bonds. The molecule has 4 rings (SSSR count). The van der Waals surface area contributed by atoms with Crippen molar-refractivity contribution < 1.29 is 13.2 Å². The molecule has 154 valence electrons. The third-order valence-corrected chi connectivity index (χ3v) is 7.36. The Morgan fingerprint density at radius 3 is 2.59 bits per heavy atom. The molecule has 0 spiro atoms. The number of carbonyl (C=O) groups excluding carboxylic acids is 1. The van der Waals surface area contributed by atoms with E-state index in [0.29, 0.717) is 26.1 Å². The van der Waals surface area contributed by atoms with E-state index in [1.165, 1.54) is 21.7 Å². The first kappa shape index (κ1) is 19.9.